The van der Waals surface area contributed by atoms with E-state index >= 15 is 0 Å². The van der Waals surface area contributed by atoms with Crippen molar-refractivity contribution in [2.24, 2.45) is 0 Å². The van der Waals surface area contributed by atoms with Crippen LogP contribution in [-0.4, -0.2) is 4.98 Å². The third kappa shape index (κ3) is 2.80. The lowest BCUT2D eigenvalue weighted by Gasteiger charge is -1.99. The van der Waals surface area contributed by atoms with Gasteiger partial charge < -0.3 is 0 Å². The van der Waals surface area contributed by atoms with Crippen LogP contribution in [0.25, 0.3) is 0 Å². The largest absolute Gasteiger partial charge is 0.434 e. The average molecular weight is 238 g/mol. The van der Waals surface area contributed by atoms with E-state index in [2.05, 4.69) is 4.98 Å². The second kappa shape index (κ2) is 4.30. The summed E-state index contributed by atoms with van der Waals surface area (Å²) in [5.74, 6) is 0.0285. The zero-order valence-corrected chi connectivity index (χ0v) is 7.95. The summed E-state index contributed by atoms with van der Waals surface area (Å²) in [6.07, 6.45) is -4.35. The summed E-state index contributed by atoms with van der Waals surface area (Å²) in [5.41, 5.74) is -0.863. The minimum Gasteiger partial charge on any atom is -0.235 e. The molecule has 0 aromatic carbocycles. The molecule has 0 saturated heterocycles. The van der Waals surface area contributed by atoms with Gasteiger partial charge in [0.15, 0.2) is 5.69 Å². The third-order valence-electron chi connectivity index (χ3n) is 0.956. The lowest BCUT2D eigenvalue weighted by Crippen LogP contribution is -2.04. The zero-order valence-electron chi connectivity index (χ0n) is 5.56. The maximum Gasteiger partial charge on any atom is 0.434 e. The molecule has 0 N–H and O–H groups in total. The average Bonchev–Trinajstić information content (AvgIpc) is 2.32. The number of alkyl halides is 4. The van der Waals surface area contributed by atoms with Crippen molar-refractivity contribution in [2.75, 3.05) is 0 Å². The van der Waals surface area contributed by atoms with Crippen molar-refractivity contribution in [3.63, 3.8) is 0 Å². The van der Waals surface area contributed by atoms with E-state index in [0.29, 0.717) is 5.01 Å². The summed E-state index contributed by atoms with van der Waals surface area (Å²) in [6, 6.07) is 0. The van der Waals surface area contributed by atoms with E-state index in [1.165, 1.54) is 0 Å². The molecule has 1 aromatic heterocycles. The number of nitrogens with zero attached hydrogens (tertiary/aromatic N) is 1. The van der Waals surface area contributed by atoms with Gasteiger partial charge in [-0.3, -0.25) is 0 Å². The van der Waals surface area contributed by atoms with E-state index in [1.54, 1.807) is 0 Å². The van der Waals surface area contributed by atoms with Gasteiger partial charge in [-0.1, -0.05) is 0 Å². The Morgan fingerprint density at radius 1 is 1.50 bits per heavy atom. The number of hydrogen-bond acceptors (Lipinski definition) is 2. The SMILES string of the molecule is Cl.FC(F)(F)c1csc(CCl)n1. The van der Waals surface area contributed by atoms with Crippen molar-refractivity contribution in [2.45, 2.75) is 12.1 Å². The second-order valence-corrected chi connectivity index (χ2v) is 2.97. The van der Waals surface area contributed by atoms with Gasteiger partial charge in [-0.25, -0.2) is 4.98 Å². The van der Waals surface area contributed by atoms with E-state index in [1.807, 2.05) is 0 Å². The zero-order chi connectivity index (χ0) is 8.48. The molecule has 1 nitrogen and oxygen atoms in total. The molecule has 0 aliphatic heterocycles. The summed E-state index contributed by atoms with van der Waals surface area (Å²) < 4.78 is 35.5. The Morgan fingerprint density at radius 3 is 2.33 bits per heavy atom. The first-order valence-electron chi connectivity index (χ1n) is 2.61. The molecule has 70 valence electrons. The van der Waals surface area contributed by atoms with E-state index in [9.17, 15) is 13.2 Å². The number of aromatic nitrogens is 1. The van der Waals surface area contributed by atoms with Gasteiger partial charge in [0.05, 0.1) is 5.88 Å². The maximum absolute atomic E-state index is 11.8. The van der Waals surface area contributed by atoms with Gasteiger partial charge in [0.25, 0.3) is 0 Å². The monoisotopic (exact) mass is 237 g/mol. The maximum atomic E-state index is 11.8. The van der Waals surface area contributed by atoms with Crippen molar-refractivity contribution < 1.29 is 13.2 Å². The van der Waals surface area contributed by atoms with Crippen LogP contribution in [0.5, 0.6) is 0 Å². The van der Waals surface area contributed by atoms with Crippen LogP contribution in [-0.2, 0) is 12.1 Å². The summed E-state index contributed by atoms with van der Waals surface area (Å²) >= 11 is 6.18. The van der Waals surface area contributed by atoms with Crippen LogP contribution in [0.1, 0.15) is 10.7 Å². The predicted molar refractivity (Wildman–Crippen MR) is 43.9 cm³/mol. The predicted octanol–water partition coefficient (Wildman–Crippen LogP) is 3.32. The normalized spacial score (nSPS) is 11.0. The Labute approximate surface area is 82.0 Å². The standard InChI is InChI=1S/C5H3ClF3NS.ClH/c6-1-4-10-3(2-11-4)5(7,8)9;/h2H,1H2;1H. The van der Waals surface area contributed by atoms with Gasteiger partial charge in [0, 0.05) is 5.38 Å². The fraction of sp³-hybridized carbons (Fsp3) is 0.400. The Morgan fingerprint density at radius 2 is 2.08 bits per heavy atom. The molecule has 0 aliphatic rings. The molecule has 0 bridgehead atoms. The van der Waals surface area contributed by atoms with Crippen LogP contribution in [0.2, 0.25) is 0 Å². The Balaban J connectivity index is 0.00000121. The van der Waals surface area contributed by atoms with Crippen molar-refractivity contribution in [3.05, 3.63) is 16.1 Å². The highest BCUT2D eigenvalue weighted by Crippen LogP contribution is 2.30. The van der Waals surface area contributed by atoms with Crippen LogP contribution in [0, 0.1) is 0 Å². The molecular formula is C5H4Cl2F3NS. The molecule has 1 rings (SSSR count). The smallest absolute Gasteiger partial charge is 0.235 e. The summed E-state index contributed by atoms with van der Waals surface area (Å²) in [5, 5.41) is 1.25. The summed E-state index contributed by atoms with van der Waals surface area (Å²) in [7, 11) is 0. The number of halogens is 5. The minimum absolute atomic E-state index is 0. The molecule has 0 saturated carbocycles. The van der Waals surface area contributed by atoms with Crippen LogP contribution in [0.15, 0.2) is 5.38 Å². The van der Waals surface area contributed by atoms with Gasteiger partial charge in [-0.2, -0.15) is 13.2 Å². The molecule has 0 atom stereocenters. The van der Waals surface area contributed by atoms with Crippen LogP contribution in [0.4, 0.5) is 13.2 Å². The van der Waals surface area contributed by atoms with Gasteiger partial charge in [-0.05, 0) is 0 Å². The number of hydrogen-bond donors (Lipinski definition) is 0. The van der Waals surface area contributed by atoms with Crippen LogP contribution >= 0.6 is 35.3 Å². The fourth-order valence-corrected chi connectivity index (χ4v) is 1.40. The lowest BCUT2D eigenvalue weighted by molar-refractivity contribution is -0.140. The Bertz CT molecular complexity index is 247. The van der Waals surface area contributed by atoms with Crippen molar-refractivity contribution in [3.8, 4) is 0 Å². The first kappa shape index (κ1) is 12.0. The van der Waals surface area contributed by atoms with E-state index in [0.717, 1.165) is 16.7 Å². The first-order chi connectivity index (χ1) is 5.04. The summed E-state index contributed by atoms with van der Waals surface area (Å²) in [6.45, 7) is 0. The van der Waals surface area contributed by atoms with Gasteiger partial charge in [-0.15, -0.1) is 35.3 Å². The number of rotatable bonds is 1. The molecule has 0 unspecified atom stereocenters. The molecule has 0 spiro atoms. The Kier molecular flexibility index (Phi) is 4.30. The van der Waals surface area contributed by atoms with Crippen molar-refractivity contribution >= 4 is 35.3 Å². The molecule has 0 fully saturated rings. The Hall–Kier alpha value is -0.0000000000000000833. The second-order valence-electron chi connectivity index (χ2n) is 1.76. The lowest BCUT2D eigenvalue weighted by atomic mass is 10.5. The van der Waals surface area contributed by atoms with Crippen LogP contribution in [0.3, 0.4) is 0 Å². The molecule has 0 aliphatic carbocycles. The third-order valence-corrected chi connectivity index (χ3v) is 2.22. The summed E-state index contributed by atoms with van der Waals surface area (Å²) in [4.78, 5) is 3.26. The molecule has 0 amide bonds. The highest BCUT2D eigenvalue weighted by molar-refractivity contribution is 7.09. The van der Waals surface area contributed by atoms with E-state index < -0.39 is 11.9 Å². The molecule has 1 heterocycles. The molecule has 0 radical (unpaired) electrons. The van der Waals surface area contributed by atoms with E-state index in [-0.39, 0.29) is 18.3 Å². The highest BCUT2D eigenvalue weighted by atomic mass is 35.5. The number of thiazole rings is 1. The topological polar surface area (TPSA) is 12.9 Å². The quantitative estimate of drug-likeness (QED) is 0.684. The van der Waals surface area contributed by atoms with Gasteiger partial charge >= 0.3 is 6.18 Å². The molecule has 1 aromatic rings. The van der Waals surface area contributed by atoms with Gasteiger partial charge in [0.1, 0.15) is 5.01 Å². The minimum atomic E-state index is -4.35. The van der Waals surface area contributed by atoms with Crippen molar-refractivity contribution in [1.82, 2.24) is 4.98 Å². The van der Waals surface area contributed by atoms with E-state index in [4.69, 9.17) is 11.6 Å². The molecular weight excluding hydrogens is 234 g/mol. The highest BCUT2D eigenvalue weighted by Gasteiger charge is 2.33. The molecule has 7 heteroatoms. The van der Waals surface area contributed by atoms with Crippen molar-refractivity contribution in [1.29, 1.82) is 0 Å². The fourth-order valence-electron chi connectivity index (χ4n) is 0.502. The van der Waals surface area contributed by atoms with Gasteiger partial charge in [0.2, 0.25) is 0 Å². The first-order valence-corrected chi connectivity index (χ1v) is 4.03. The van der Waals surface area contributed by atoms with Crippen LogP contribution < -0.4 is 0 Å². The molecule has 12 heavy (non-hydrogen) atoms.